The maximum atomic E-state index is 12.9. The van der Waals surface area contributed by atoms with Gasteiger partial charge < -0.3 is 0 Å². The van der Waals surface area contributed by atoms with Crippen LogP contribution in [-0.4, -0.2) is 17.6 Å². The van der Waals surface area contributed by atoms with Crippen LogP contribution in [0.15, 0.2) is 47.8 Å². The van der Waals surface area contributed by atoms with Gasteiger partial charge in [0.05, 0.1) is 5.69 Å². The van der Waals surface area contributed by atoms with Crippen LogP contribution in [0.4, 0.5) is 4.39 Å². The Labute approximate surface area is 130 Å². The van der Waals surface area contributed by atoms with Gasteiger partial charge in [0.15, 0.2) is 12.6 Å². The summed E-state index contributed by atoms with van der Waals surface area (Å²) < 4.78 is 12.9. The number of hydrogen-bond donors (Lipinski definition) is 0. The monoisotopic (exact) mass is 311 g/mol. The molecular weight excluding hydrogens is 301 g/mol. The van der Waals surface area contributed by atoms with Crippen molar-refractivity contribution in [3.63, 3.8) is 0 Å². The minimum Gasteiger partial charge on any atom is -0.298 e. The second-order valence-corrected chi connectivity index (χ2v) is 5.48. The van der Waals surface area contributed by atoms with Gasteiger partial charge in [-0.1, -0.05) is 12.1 Å². The molecule has 0 amide bonds. The van der Waals surface area contributed by atoms with Crippen molar-refractivity contribution in [1.82, 2.24) is 4.98 Å². The molecule has 0 spiro atoms. The molecule has 1 aromatic heterocycles. The molecule has 0 atom stereocenters. The van der Waals surface area contributed by atoms with Crippen molar-refractivity contribution in [2.45, 2.75) is 0 Å². The molecule has 3 aromatic rings. The summed E-state index contributed by atoms with van der Waals surface area (Å²) in [6.45, 7) is 0. The molecule has 0 unspecified atom stereocenters. The zero-order chi connectivity index (χ0) is 15.5. The Hall–Kier alpha value is -2.66. The van der Waals surface area contributed by atoms with Crippen LogP contribution in [0.25, 0.3) is 21.8 Å². The number of aromatic nitrogens is 1. The van der Waals surface area contributed by atoms with Gasteiger partial charge >= 0.3 is 0 Å². The quantitative estimate of drug-likeness (QED) is 0.677. The van der Waals surface area contributed by atoms with E-state index in [0.29, 0.717) is 23.7 Å². The van der Waals surface area contributed by atoms with Gasteiger partial charge in [0.1, 0.15) is 10.8 Å². The molecule has 22 heavy (non-hydrogen) atoms. The summed E-state index contributed by atoms with van der Waals surface area (Å²) >= 11 is 1.43. The maximum absolute atomic E-state index is 12.9. The van der Waals surface area contributed by atoms with Gasteiger partial charge in [-0.25, -0.2) is 9.37 Å². The third-order valence-corrected chi connectivity index (χ3v) is 4.12. The minimum atomic E-state index is -0.292. The molecule has 0 aliphatic rings. The summed E-state index contributed by atoms with van der Waals surface area (Å²) in [6.07, 6.45) is 1.31. The number of rotatable bonds is 4. The standard InChI is InChI=1S/C17H10FNO2S/c18-15-5-3-11(4-6-15)16-10-22-17(19-16)12-1-2-13(8-20)14(7-12)9-21/h1-10H. The van der Waals surface area contributed by atoms with Gasteiger partial charge in [0.25, 0.3) is 0 Å². The van der Waals surface area contributed by atoms with Crippen molar-refractivity contribution in [1.29, 1.82) is 0 Å². The normalized spacial score (nSPS) is 10.4. The van der Waals surface area contributed by atoms with Crippen LogP contribution in [0, 0.1) is 5.82 Å². The Morgan fingerprint density at radius 1 is 0.909 bits per heavy atom. The first-order chi connectivity index (χ1) is 10.7. The average molecular weight is 311 g/mol. The van der Waals surface area contributed by atoms with Crippen LogP contribution >= 0.6 is 11.3 Å². The Bertz CT molecular complexity index is 840. The maximum Gasteiger partial charge on any atom is 0.150 e. The van der Waals surface area contributed by atoms with E-state index >= 15 is 0 Å². The smallest absolute Gasteiger partial charge is 0.150 e. The van der Waals surface area contributed by atoms with Gasteiger partial charge in [-0.2, -0.15) is 0 Å². The fraction of sp³-hybridized carbons (Fsp3) is 0. The van der Waals surface area contributed by atoms with Crippen molar-refractivity contribution in [3.05, 3.63) is 64.8 Å². The van der Waals surface area contributed by atoms with E-state index in [9.17, 15) is 14.0 Å². The third kappa shape index (κ3) is 2.71. The Balaban J connectivity index is 1.98. The lowest BCUT2D eigenvalue weighted by atomic mass is 10.1. The van der Waals surface area contributed by atoms with Crippen molar-refractivity contribution in [2.75, 3.05) is 0 Å². The average Bonchev–Trinajstić information content (AvgIpc) is 3.05. The van der Waals surface area contributed by atoms with Crippen LogP contribution in [0.3, 0.4) is 0 Å². The van der Waals surface area contributed by atoms with E-state index in [1.165, 1.54) is 23.5 Å². The molecule has 0 fully saturated rings. The number of benzene rings is 2. The predicted octanol–water partition coefficient (Wildman–Crippen LogP) is 4.24. The lowest BCUT2D eigenvalue weighted by Crippen LogP contribution is -1.91. The van der Waals surface area contributed by atoms with Gasteiger partial charge in [0, 0.05) is 27.6 Å². The molecule has 5 heteroatoms. The topological polar surface area (TPSA) is 47.0 Å². The van der Waals surface area contributed by atoms with E-state index in [1.807, 2.05) is 5.38 Å². The summed E-state index contributed by atoms with van der Waals surface area (Å²) in [5.74, 6) is -0.292. The summed E-state index contributed by atoms with van der Waals surface area (Å²) in [5.41, 5.74) is 3.03. The second kappa shape index (κ2) is 5.99. The molecule has 0 radical (unpaired) electrons. The van der Waals surface area contributed by atoms with E-state index < -0.39 is 0 Å². The highest BCUT2D eigenvalue weighted by Gasteiger charge is 2.09. The molecular formula is C17H10FNO2S. The van der Waals surface area contributed by atoms with Gasteiger partial charge in [-0.3, -0.25) is 9.59 Å². The molecule has 2 aromatic carbocycles. The van der Waals surface area contributed by atoms with Crippen LogP contribution in [0.1, 0.15) is 20.7 Å². The molecule has 0 saturated carbocycles. The Kier molecular flexibility index (Phi) is 3.89. The first kappa shape index (κ1) is 14.3. The highest BCUT2D eigenvalue weighted by molar-refractivity contribution is 7.13. The zero-order valence-electron chi connectivity index (χ0n) is 11.3. The number of halogens is 1. The Morgan fingerprint density at radius 2 is 1.59 bits per heavy atom. The summed E-state index contributed by atoms with van der Waals surface area (Å²) in [6, 6.07) is 11.1. The van der Waals surface area contributed by atoms with Crippen molar-refractivity contribution >= 4 is 23.9 Å². The van der Waals surface area contributed by atoms with E-state index in [0.717, 1.165) is 21.8 Å². The summed E-state index contributed by atoms with van der Waals surface area (Å²) in [7, 11) is 0. The van der Waals surface area contributed by atoms with Crippen LogP contribution in [-0.2, 0) is 0 Å². The fourth-order valence-corrected chi connectivity index (χ4v) is 2.90. The van der Waals surface area contributed by atoms with Crippen molar-refractivity contribution in [3.8, 4) is 21.8 Å². The number of carbonyl (C=O) groups is 2. The van der Waals surface area contributed by atoms with Gasteiger partial charge in [-0.15, -0.1) is 11.3 Å². The molecule has 0 N–H and O–H groups in total. The lowest BCUT2D eigenvalue weighted by molar-refractivity contribution is 0.109. The van der Waals surface area contributed by atoms with Crippen LogP contribution in [0.2, 0.25) is 0 Å². The van der Waals surface area contributed by atoms with E-state index in [2.05, 4.69) is 4.98 Å². The number of aldehydes is 2. The molecule has 0 aliphatic carbocycles. The molecule has 0 aliphatic heterocycles. The third-order valence-electron chi connectivity index (χ3n) is 3.23. The molecule has 0 bridgehead atoms. The van der Waals surface area contributed by atoms with E-state index in [1.54, 1.807) is 30.3 Å². The molecule has 0 saturated heterocycles. The number of nitrogens with zero attached hydrogens (tertiary/aromatic N) is 1. The highest BCUT2D eigenvalue weighted by atomic mass is 32.1. The first-order valence-corrected chi connectivity index (χ1v) is 7.35. The Morgan fingerprint density at radius 3 is 2.27 bits per heavy atom. The van der Waals surface area contributed by atoms with Crippen LogP contribution in [0.5, 0.6) is 0 Å². The SMILES string of the molecule is O=Cc1ccc(-c2nc(-c3ccc(F)cc3)cs2)cc1C=O. The van der Waals surface area contributed by atoms with E-state index in [-0.39, 0.29) is 5.82 Å². The lowest BCUT2D eigenvalue weighted by Gasteiger charge is -2.01. The number of thiazole rings is 1. The first-order valence-electron chi connectivity index (χ1n) is 6.47. The number of carbonyl (C=O) groups excluding carboxylic acids is 2. The van der Waals surface area contributed by atoms with Gasteiger partial charge in [0.2, 0.25) is 0 Å². The molecule has 3 nitrogen and oxygen atoms in total. The summed E-state index contributed by atoms with van der Waals surface area (Å²) in [4.78, 5) is 26.4. The second-order valence-electron chi connectivity index (χ2n) is 4.62. The molecule has 108 valence electrons. The minimum absolute atomic E-state index is 0.292. The number of hydrogen-bond acceptors (Lipinski definition) is 4. The van der Waals surface area contributed by atoms with Crippen molar-refractivity contribution < 1.29 is 14.0 Å². The fourth-order valence-electron chi connectivity index (χ4n) is 2.08. The van der Waals surface area contributed by atoms with Gasteiger partial charge in [-0.05, 0) is 30.3 Å². The van der Waals surface area contributed by atoms with E-state index in [4.69, 9.17) is 0 Å². The van der Waals surface area contributed by atoms with Crippen LogP contribution < -0.4 is 0 Å². The van der Waals surface area contributed by atoms with Crippen molar-refractivity contribution in [2.24, 2.45) is 0 Å². The molecule has 1 heterocycles. The summed E-state index contributed by atoms with van der Waals surface area (Å²) in [5, 5.41) is 2.61. The highest BCUT2D eigenvalue weighted by Crippen LogP contribution is 2.29. The predicted molar refractivity (Wildman–Crippen MR) is 83.7 cm³/mol. The largest absolute Gasteiger partial charge is 0.298 e. The molecule has 3 rings (SSSR count). The zero-order valence-corrected chi connectivity index (χ0v) is 12.1.